The summed E-state index contributed by atoms with van der Waals surface area (Å²) in [4.78, 5) is 20.8. The summed E-state index contributed by atoms with van der Waals surface area (Å²) < 4.78 is 0. The molecule has 0 aliphatic rings. The molecule has 5 nitrogen and oxygen atoms in total. The minimum Gasteiger partial charge on any atom is -0.354 e. The number of halogens is 1. The van der Waals surface area contributed by atoms with Gasteiger partial charge in [0.15, 0.2) is 0 Å². The van der Waals surface area contributed by atoms with Gasteiger partial charge in [0.05, 0.1) is 5.56 Å². The number of hydrogen-bond acceptors (Lipinski definition) is 4. The van der Waals surface area contributed by atoms with Crippen LogP contribution >= 0.6 is 11.6 Å². The molecule has 27 heavy (non-hydrogen) atoms. The van der Waals surface area contributed by atoms with Crippen molar-refractivity contribution >= 4 is 29.1 Å². The van der Waals surface area contributed by atoms with Crippen molar-refractivity contribution in [2.45, 2.75) is 20.3 Å². The Labute approximate surface area is 163 Å². The molecule has 0 saturated heterocycles. The van der Waals surface area contributed by atoms with Gasteiger partial charge in [-0.3, -0.25) is 4.79 Å². The van der Waals surface area contributed by atoms with Crippen LogP contribution in [0.25, 0.3) is 0 Å². The van der Waals surface area contributed by atoms with Gasteiger partial charge in [-0.15, -0.1) is 0 Å². The third-order valence-electron chi connectivity index (χ3n) is 4.35. The number of nitrogens with one attached hydrogen (secondary N) is 2. The molecule has 0 fully saturated rings. The van der Waals surface area contributed by atoms with E-state index in [9.17, 15) is 4.79 Å². The molecule has 3 aromatic rings. The maximum Gasteiger partial charge on any atom is 0.258 e. The summed E-state index contributed by atoms with van der Waals surface area (Å²) >= 11 is 5.98. The normalized spacial score (nSPS) is 10.5. The third kappa shape index (κ3) is 5.05. The molecule has 1 amide bonds. The molecule has 0 saturated carbocycles. The molecule has 1 heterocycles. The van der Waals surface area contributed by atoms with Gasteiger partial charge in [0.2, 0.25) is 5.95 Å². The van der Waals surface area contributed by atoms with E-state index >= 15 is 0 Å². The number of aryl methyl sites for hydroxylation is 1. The van der Waals surface area contributed by atoms with E-state index in [4.69, 9.17) is 11.6 Å². The van der Waals surface area contributed by atoms with Crippen LogP contribution in [0.4, 0.5) is 11.6 Å². The first-order valence-electron chi connectivity index (χ1n) is 8.71. The first-order chi connectivity index (χ1) is 13.0. The summed E-state index contributed by atoms with van der Waals surface area (Å²) in [6.07, 6.45) is 3.85. The number of nitrogens with zero attached hydrogens (tertiary/aromatic N) is 2. The zero-order valence-corrected chi connectivity index (χ0v) is 16.0. The highest BCUT2D eigenvalue weighted by molar-refractivity contribution is 6.30. The smallest absolute Gasteiger partial charge is 0.258 e. The molecule has 138 valence electrons. The van der Waals surface area contributed by atoms with Crippen LogP contribution in [0.15, 0.2) is 54.9 Å². The lowest BCUT2D eigenvalue weighted by molar-refractivity contribution is 0.102. The first kappa shape index (κ1) is 18.9. The minimum absolute atomic E-state index is 0.228. The van der Waals surface area contributed by atoms with E-state index < -0.39 is 0 Å². The van der Waals surface area contributed by atoms with E-state index in [1.54, 1.807) is 0 Å². The van der Waals surface area contributed by atoms with Crippen molar-refractivity contribution < 1.29 is 4.79 Å². The fraction of sp³-hybridized carbons (Fsp3) is 0.190. The molecule has 6 heteroatoms. The lowest BCUT2D eigenvalue weighted by atomic mass is 10.1. The number of hydrogen-bond donors (Lipinski definition) is 2. The average Bonchev–Trinajstić information content (AvgIpc) is 2.66. The van der Waals surface area contributed by atoms with Crippen LogP contribution in [-0.4, -0.2) is 22.4 Å². The SMILES string of the molecule is Cc1cccc(NC(=O)c2cnc(NCCc3cccc(Cl)c3)nc2)c1C. The third-order valence-corrected chi connectivity index (χ3v) is 4.59. The largest absolute Gasteiger partial charge is 0.354 e. The lowest BCUT2D eigenvalue weighted by Crippen LogP contribution is -2.15. The predicted octanol–water partition coefficient (Wildman–Crippen LogP) is 4.65. The number of anilines is 2. The van der Waals surface area contributed by atoms with Crippen molar-refractivity contribution in [3.63, 3.8) is 0 Å². The summed E-state index contributed by atoms with van der Waals surface area (Å²) in [5.41, 5.74) is 4.52. The molecule has 0 aliphatic heterocycles. The highest BCUT2D eigenvalue weighted by Gasteiger charge is 2.10. The van der Waals surface area contributed by atoms with Gasteiger partial charge in [0.1, 0.15) is 0 Å². The molecule has 2 aromatic carbocycles. The second kappa shape index (κ2) is 8.64. The van der Waals surface area contributed by atoms with Gasteiger partial charge in [0.25, 0.3) is 5.91 Å². The van der Waals surface area contributed by atoms with E-state index in [0.717, 1.165) is 33.8 Å². The van der Waals surface area contributed by atoms with E-state index in [-0.39, 0.29) is 5.91 Å². The van der Waals surface area contributed by atoms with Crippen LogP contribution < -0.4 is 10.6 Å². The Kier molecular flexibility index (Phi) is 6.04. The zero-order valence-electron chi connectivity index (χ0n) is 15.3. The molecule has 1 aromatic heterocycles. The van der Waals surface area contributed by atoms with Crippen LogP contribution in [-0.2, 0) is 6.42 Å². The molecule has 3 rings (SSSR count). The van der Waals surface area contributed by atoms with Gasteiger partial charge in [0, 0.05) is 29.6 Å². The van der Waals surface area contributed by atoms with Gasteiger partial charge in [-0.1, -0.05) is 35.9 Å². The summed E-state index contributed by atoms with van der Waals surface area (Å²) in [6, 6.07) is 13.5. The molecule has 0 atom stereocenters. The second-order valence-electron chi connectivity index (χ2n) is 6.30. The second-order valence-corrected chi connectivity index (χ2v) is 6.74. The van der Waals surface area contributed by atoms with Crippen molar-refractivity contribution in [1.29, 1.82) is 0 Å². The van der Waals surface area contributed by atoms with E-state index in [1.165, 1.54) is 12.4 Å². The Morgan fingerprint density at radius 1 is 1.07 bits per heavy atom. The zero-order chi connectivity index (χ0) is 19.2. The Balaban J connectivity index is 1.56. The van der Waals surface area contributed by atoms with Crippen molar-refractivity contribution in [3.8, 4) is 0 Å². The van der Waals surface area contributed by atoms with E-state index in [1.807, 2.05) is 56.3 Å². The number of aromatic nitrogens is 2. The van der Waals surface area contributed by atoms with E-state index in [2.05, 4.69) is 20.6 Å². The molecule has 0 radical (unpaired) electrons. The minimum atomic E-state index is -0.228. The molecule has 0 aliphatic carbocycles. The molecular formula is C21H21ClN4O. The Bertz CT molecular complexity index is 941. The number of benzene rings is 2. The van der Waals surface area contributed by atoms with Crippen molar-refractivity contribution in [3.05, 3.63) is 82.1 Å². The summed E-state index contributed by atoms with van der Waals surface area (Å²) in [7, 11) is 0. The predicted molar refractivity (Wildman–Crippen MR) is 110 cm³/mol. The van der Waals surface area contributed by atoms with Crippen molar-refractivity contribution in [2.75, 3.05) is 17.2 Å². The van der Waals surface area contributed by atoms with Gasteiger partial charge >= 0.3 is 0 Å². The quantitative estimate of drug-likeness (QED) is 0.653. The topological polar surface area (TPSA) is 66.9 Å². The number of carbonyl (C=O) groups excluding carboxylic acids is 1. The lowest BCUT2D eigenvalue weighted by Gasteiger charge is -2.10. The molecule has 0 bridgehead atoms. The summed E-state index contributed by atoms with van der Waals surface area (Å²) in [5, 5.41) is 6.78. The molecular weight excluding hydrogens is 360 g/mol. The molecule has 0 spiro atoms. The van der Waals surface area contributed by atoms with Crippen LogP contribution in [0.2, 0.25) is 5.02 Å². The fourth-order valence-electron chi connectivity index (χ4n) is 2.63. The van der Waals surface area contributed by atoms with Crippen LogP contribution in [0.5, 0.6) is 0 Å². The summed E-state index contributed by atoms with van der Waals surface area (Å²) in [6.45, 7) is 4.67. The maximum absolute atomic E-state index is 12.4. The Morgan fingerprint density at radius 3 is 2.56 bits per heavy atom. The maximum atomic E-state index is 12.4. The standard InChI is InChI=1S/C21H21ClN4O/c1-14-5-3-8-19(15(14)2)26-20(27)17-12-24-21(25-13-17)23-10-9-16-6-4-7-18(22)11-16/h3-8,11-13H,9-10H2,1-2H3,(H,26,27)(H,23,24,25). The van der Waals surface area contributed by atoms with Crippen LogP contribution in [0, 0.1) is 13.8 Å². The fourth-order valence-corrected chi connectivity index (χ4v) is 2.84. The first-order valence-corrected chi connectivity index (χ1v) is 9.08. The van der Waals surface area contributed by atoms with Gasteiger partial charge in [-0.05, 0) is 55.2 Å². The number of carbonyl (C=O) groups is 1. The van der Waals surface area contributed by atoms with Gasteiger partial charge < -0.3 is 10.6 Å². The number of rotatable bonds is 6. The molecule has 0 unspecified atom stereocenters. The summed E-state index contributed by atoms with van der Waals surface area (Å²) in [5.74, 6) is 0.259. The monoisotopic (exact) mass is 380 g/mol. The highest BCUT2D eigenvalue weighted by atomic mass is 35.5. The highest BCUT2D eigenvalue weighted by Crippen LogP contribution is 2.18. The average molecular weight is 381 g/mol. The van der Waals surface area contributed by atoms with Crippen molar-refractivity contribution in [2.24, 2.45) is 0 Å². The van der Waals surface area contributed by atoms with Crippen LogP contribution in [0.1, 0.15) is 27.0 Å². The van der Waals surface area contributed by atoms with Gasteiger partial charge in [-0.25, -0.2) is 9.97 Å². The van der Waals surface area contributed by atoms with E-state index in [0.29, 0.717) is 18.1 Å². The van der Waals surface area contributed by atoms with Crippen molar-refractivity contribution in [1.82, 2.24) is 9.97 Å². The molecule has 2 N–H and O–H groups in total. The Morgan fingerprint density at radius 2 is 1.81 bits per heavy atom. The number of amides is 1. The van der Waals surface area contributed by atoms with Crippen LogP contribution in [0.3, 0.4) is 0 Å². The van der Waals surface area contributed by atoms with Gasteiger partial charge in [-0.2, -0.15) is 0 Å². The Hall–Kier alpha value is -2.92.